The molecule has 1 atom stereocenters. The zero-order chi connectivity index (χ0) is 19.8. The maximum absolute atomic E-state index is 13.0. The molecule has 0 aliphatic rings. The number of benzene rings is 1. The molecule has 1 unspecified atom stereocenters. The Labute approximate surface area is 147 Å². The molecule has 1 amide bonds. The van der Waals surface area contributed by atoms with Crippen molar-refractivity contribution < 1.29 is 27.2 Å². The normalized spacial score (nSPS) is 12.7. The van der Waals surface area contributed by atoms with E-state index >= 15 is 0 Å². The van der Waals surface area contributed by atoms with Gasteiger partial charge >= 0.3 is 12.0 Å². The van der Waals surface area contributed by atoms with Gasteiger partial charge in [0.25, 0.3) is 0 Å². The average Bonchev–Trinajstić information content (AvgIpc) is 3.02. The monoisotopic (exact) mass is 382 g/mol. The highest BCUT2D eigenvalue weighted by atomic mass is 19.4. The number of rotatable bonds is 5. The molecule has 7 nitrogen and oxygen atoms in total. The van der Waals surface area contributed by atoms with Crippen LogP contribution in [0, 0.1) is 5.82 Å². The van der Waals surface area contributed by atoms with Gasteiger partial charge in [0, 0.05) is 23.3 Å². The molecule has 0 saturated heterocycles. The van der Waals surface area contributed by atoms with E-state index in [0.717, 1.165) is 36.5 Å². The van der Waals surface area contributed by atoms with Gasteiger partial charge in [0.2, 0.25) is 12.2 Å². The molecule has 0 bridgehead atoms. The lowest BCUT2D eigenvalue weighted by atomic mass is 10.1. The highest BCUT2D eigenvalue weighted by Gasteiger charge is 2.33. The van der Waals surface area contributed by atoms with E-state index in [2.05, 4.69) is 10.3 Å². The Hall–Kier alpha value is -3.50. The summed E-state index contributed by atoms with van der Waals surface area (Å²) < 4.78 is 52.3. The molecule has 0 fully saturated rings. The third-order valence-electron chi connectivity index (χ3n) is 3.74. The lowest BCUT2D eigenvalue weighted by Crippen LogP contribution is -2.39. The van der Waals surface area contributed by atoms with Gasteiger partial charge in [-0.25, -0.2) is 13.8 Å². The molecule has 3 aromatic rings. The molecule has 27 heavy (non-hydrogen) atoms. The number of carbonyl (C=O) groups is 2. The van der Waals surface area contributed by atoms with Crippen LogP contribution in [0.1, 0.15) is 16.5 Å². The molecule has 0 radical (unpaired) electrons. The van der Waals surface area contributed by atoms with E-state index in [1.165, 1.54) is 0 Å². The third kappa shape index (κ3) is 3.43. The minimum Gasteiger partial charge on any atom is -0.331 e. The van der Waals surface area contributed by atoms with Gasteiger partial charge in [-0.3, -0.25) is 14.2 Å². The standard InChI is InChI=1S/C16H10F4N4O3/c17-11-3-1-9(2-4-11)12(26)14(21-8-25)23-7-10-5-6-24(16(18,19)20)13(10)22-15(23)27/h1-8,14H,(H,21,25). The number of aromatic nitrogens is 3. The van der Waals surface area contributed by atoms with Crippen molar-refractivity contribution in [3.05, 3.63) is 64.6 Å². The summed E-state index contributed by atoms with van der Waals surface area (Å²) in [4.78, 5) is 39.1. The summed E-state index contributed by atoms with van der Waals surface area (Å²) in [5.74, 6) is -1.37. The smallest absolute Gasteiger partial charge is 0.331 e. The minimum atomic E-state index is -4.78. The van der Waals surface area contributed by atoms with Crippen molar-refractivity contribution in [3.8, 4) is 0 Å². The molecule has 0 spiro atoms. The lowest BCUT2D eigenvalue weighted by molar-refractivity contribution is -0.201. The Morgan fingerprint density at radius 1 is 1.19 bits per heavy atom. The van der Waals surface area contributed by atoms with Gasteiger partial charge in [-0.2, -0.15) is 4.98 Å². The van der Waals surface area contributed by atoms with Gasteiger partial charge < -0.3 is 5.32 Å². The molecule has 2 heterocycles. The Morgan fingerprint density at radius 3 is 2.44 bits per heavy atom. The topological polar surface area (TPSA) is 86.0 Å². The number of hydrogen-bond acceptors (Lipinski definition) is 4. The van der Waals surface area contributed by atoms with E-state index < -0.39 is 35.4 Å². The van der Waals surface area contributed by atoms with Crippen molar-refractivity contribution in [2.45, 2.75) is 12.5 Å². The van der Waals surface area contributed by atoms with Crippen LogP contribution in [0.3, 0.4) is 0 Å². The van der Waals surface area contributed by atoms with Gasteiger partial charge in [0.1, 0.15) is 5.82 Å². The van der Waals surface area contributed by atoms with E-state index in [1.54, 1.807) is 0 Å². The second-order valence-corrected chi connectivity index (χ2v) is 5.42. The van der Waals surface area contributed by atoms with Crippen LogP contribution in [0.25, 0.3) is 11.0 Å². The van der Waals surface area contributed by atoms with Gasteiger partial charge in [-0.05, 0) is 30.3 Å². The van der Waals surface area contributed by atoms with Gasteiger partial charge in [0.05, 0.1) is 0 Å². The summed E-state index contributed by atoms with van der Waals surface area (Å²) >= 11 is 0. The second-order valence-electron chi connectivity index (χ2n) is 5.42. The van der Waals surface area contributed by atoms with Crippen molar-refractivity contribution in [1.82, 2.24) is 19.4 Å². The van der Waals surface area contributed by atoms with Crippen LogP contribution < -0.4 is 11.0 Å². The maximum Gasteiger partial charge on any atom is 0.490 e. The number of Topliss-reactive ketones (excluding diaryl/α,β-unsaturated/α-hetero) is 1. The first-order chi connectivity index (χ1) is 12.7. The van der Waals surface area contributed by atoms with Gasteiger partial charge in [0.15, 0.2) is 11.8 Å². The number of halogens is 4. The van der Waals surface area contributed by atoms with E-state index in [0.29, 0.717) is 10.8 Å². The van der Waals surface area contributed by atoms with E-state index in [1.807, 2.05) is 0 Å². The maximum atomic E-state index is 13.0. The molecule has 0 aliphatic carbocycles. The zero-order valence-electron chi connectivity index (χ0n) is 13.3. The summed E-state index contributed by atoms with van der Waals surface area (Å²) in [6.45, 7) is 0. The van der Waals surface area contributed by atoms with Crippen LogP contribution in [-0.2, 0) is 11.1 Å². The fourth-order valence-electron chi connectivity index (χ4n) is 2.52. The number of amides is 1. The molecular weight excluding hydrogens is 372 g/mol. The Kier molecular flexibility index (Phi) is 4.52. The first-order valence-corrected chi connectivity index (χ1v) is 7.39. The summed E-state index contributed by atoms with van der Waals surface area (Å²) in [5.41, 5.74) is -1.83. The summed E-state index contributed by atoms with van der Waals surface area (Å²) in [6.07, 6.45) is -4.52. The highest BCUT2D eigenvalue weighted by Crippen LogP contribution is 2.27. The van der Waals surface area contributed by atoms with Gasteiger partial charge in [-0.15, -0.1) is 13.2 Å². The van der Waals surface area contributed by atoms with Crippen LogP contribution in [-0.4, -0.2) is 26.3 Å². The Morgan fingerprint density at radius 2 is 1.85 bits per heavy atom. The molecular formula is C16H10F4N4O3. The van der Waals surface area contributed by atoms with Crippen LogP contribution in [0.15, 0.2) is 47.5 Å². The van der Waals surface area contributed by atoms with Crippen molar-refractivity contribution in [2.75, 3.05) is 0 Å². The first kappa shape index (κ1) is 18.3. The van der Waals surface area contributed by atoms with Crippen LogP contribution in [0.2, 0.25) is 0 Å². The van der Waals surface area contributed by atoms with E-state index in [-0.39, 0.29) is 21.9 Å². The van der Waals surface area contributed by atoms with Crippen molar-refractivity contribution >= 4 is 23.2 Å². The number of ketones is 1. The molecule has 140 valence electrons. The number of nitrogens with zero attached hydrogens (tertiary/aromatic N) is 3. The fourth-order valence-corrected chi connectivity index (χ4v) is 2.52. The molecule has 0 saturated carbocycles. The summed E-state index contributed by atoms with van der Waals surface area (Å²) in [6, 6.07) is 5.38. The number of carbonyl (C=O) groups excluding carboxylic acids is 2. The average molecular weight is 382 g/mol. The quantitative estimate of drug-likeness (QED) is 0.415. The fraction of sp³-hybridized carbons (Fsp3) is 0.125. The predicted molar refractivity (Wildman–Crippen MR) is 84.3 cm³/mol. The summed E-state index contributed by atoms with van der Waals surface area (Å²) in [5, 5.41) is 2.05. The number of alkyl halides is 3. The second kappa shape index (κ2) is 6.67. The Bertz CT molecular complexity index is 1070. The van der Waals surface area contributed by atoms with Crippen LogP contribution in [0.4, 0.5) is 17.6 Å². The van der Waals surface area contributed by atoms with E-state index in [4.69, 9.17) is 0 Å². The molecule has 1 N–H and O–H groups in total. The SMILES string of the molecule is O=CNC(C(=O)c1ccc(F)cc1)n1cc2ccn(C(F)(F)F)c2nc1=O. The molecule has 11 heteroatoms. The van der Waals surface area contributed by atoms with Crippen LogP contribution in [0.5, 0.6) is 0 Å². The highest BCUT2D eigenvalue weighted by molar-refractivity contribution is 5.99. The largest absolute Gasteiger partial charge is 0.490 e. The zero-order valence-corrected chi connectivity index (χ0v) is 13.3. The number of nitrogens with one attached hydrogen (secondary N) is 1. The van der Waals surface area contributed by atoms with Crippen molar-refractivity contribution in [1.29, 1.82) is 0 Å². The minimum absolute atomic E-state index is 0.0180. The first-order valence-electron chi connectivity index (χ1n) is 7.39. The predicted octanol–water partition coefficient (Wildman–Crippen LogP) is 1.94. The summed E-state index contributed by atoms with van der Waals surface area (Å²) in [7, 11) is 0. The van der Waals surface area contributed by atoms with Crippen LogP contribution >= 0.6 is 0 Å². The number of fused-ring (bicyclic) bond motifs is 1. The van der Waals surface area contributed by atoms with E-state index in [9.17, 15) is 31.9 Å². The third-order valence-corrected chi connectivity index (χ3v) is 3.74. The number of hydrogen-bond donors (Lipinski definition) is 1. The molecule has 3 rings (SSSR count). The van der Waals surface area contributed by atoms with Gasteiger partial charge in [-0.1, -0.05) is 0 Å². The molecule has 0 aliphatic heterocycles. The Balaban J connectivity index is 2.10. The molecule has 1 aromatic carbocycles. The lowest BCUT2D eigenvalue weighted by Gasteiger charge is -2.18. The van der Waals surface area contributed by atoms with Crippen molar-refractivity contribution in [2.24, 2.45) is 0 Å². The van der Waals surface area contributed by atoms with Crippen molar-refractivity contribution in [3.63, 3.8) is 0 Å². The molecule has 2 aromatic heterocycles.